The highest BCUT2D eigenvalue weighted by atomic mass is 16.3. The van der Waals surface area contributed by atoms with Crippen molar-refractivity contribution in [1.82, 2.24) is 9.88 Å². The van der Waals surface area contributed by atoms with E-state index in [1.54, 1.807) is 6.20 Å². The molecule has 0 aliphatic heterocycles. The van der Waals surface area contributed by atoms with Crippen LogP contribution in [0.2, 0.25) is 0 Å². The number of hydrogen-bond donors (Lipinski definition) is 1. The molecule has 19 heavy (non-hydrogen) atoms. The van der Waals surface area contributed by atoms with Gasteiger partial charge in [-0.05, 0) is 43.7 Å². The van der Waals surface area contributed by atoms with Gasteiger partial charge in [0.2, 0.25) is 5.91 Å². The zero-order valence-corrected chi connectivity index (χ0v) is 11.3. The highest BCUT2D eigenvalue weighted by Gasteiger charge is 2.27. The van der Waals surface area contributed by atoms with Gasteiger partial charge in [-0.15, -0.1) is 0 Å². The van der Waals surface area contributed by atoms with Crippen molar-refractivity contribution in [2.75, 3.05) is 13.2 Å². The Morgan fingerprint density at radius 2 is 2.32 bits per heavy atom. The summed E-state index contributed by atoms with van der Waals surface area (Å²) >= 11 is 0. The molecule has 1 aliphatic rings. The molecule has 4 heteroatoms. The maximum atomic E-state index is 12.3. The van der Waals surface area contributed by atoms with Crippen LogP contribution in [-0.2, 0) is 11.2 Å². The zero-order chi connectivity index (χ0) is 13.5. The molecular formula is C15H22N2O2. The van der Waals surface area contributed by atoms with Gasteiger partial charge in [-0.2, -0.15) is 0 Å². The second kappa shape index (κ2) is 7.24. The van der Waals surface area contributed by atoms with E-state index in [-0.39, 0.29) is 12.5 Å². The number of hydrogen-bond acceptors (Lipinski definition) is 3. The van der Waals surface area contributed by atoms with Gasteiger partial charge in [0.05, 0.1) is 0 Å². The van der Waals surface area contributed by atoms with Crippen LogP contribution in [0.3, 0.4) is 0 Å². The van der Waals surface area contributed by atoms with Crippen LogP contribution in [0.25, 0.3) is 0 Å². The molecule has 0 unspecified atom stereocenters. The summed E-state index contributed by atoms with van der Waals surface area (Å²) in [6.45, 7) is 0.839. The number of amides is 1. The van der Waals surface area contributed by atoms with Crippen molar-refractivity contribution in [3.8, 4) is 0 Å². The van der Waals surface area contributed by atoms with E-state index in [1.165, 1.54) is 6.42 Å². The summed E-state index contributed by atoms with van der Waals surface area (Å²) in [6.07, 6.45) is 8.96. The Labute approximate surface area is 114 Å². The number of aromatic nitrogens is 1. The van der Waals surface area contributed by atoms with Crippen molar-refractivity contribution >= 4 is 5.91 Å². The van der Waals surface area contributed by atoms with Crippen LogP contribution in [0.4, 0.5) is 0 Å². The summed E-state index contributed by atoms with van der Waals surface area (Å²) in [4.78, 5) is 18.3. The summed E-state index contributed by atoms with van der Waals surface area (Å²) in [5.74, 6) is 0.210. The minimum absolute atomic E-state index is 0.152. The second-order valence-electron chi connectivity index (χ2n) is 5.11. The minimum Gasteiger partial charge on any atom is -0.396 e. The van der Waals surface area contributed by atoms with Crippen molar-refractivity contribution < 1.29 is 9.90 Å². The first-order valence-electron chi connectivity index (χ1n) is 7.10. The molecule has 1 N–H and O–H groups in total. The summed E-state index contributed by atoms with van der Waals surface area (Å²) in [7, 11) is 0. The maximum Gasteiger partial charge on any atom is 0.223 e. The second-order valence-corrected chi connectivity index (χ2v) is 5.11. The predicted octanol–water partition coefficient (Wildman–Crippen LogP) is 1.78. The quantitative estimate of drug-likeness (QED) is 0.815. The Hall–Kier alpha value is -1.42. The molecule has 1 aromatic heterocycles. The van der Waals surface area contributed by atoms with E-state index in [0.717, 1.165) is 24.8 Å². The molecular weight excluding hydrogens is 240 g/mol. The van der Waals surface area contributed by atoms with Crippen LogP contribution in [0.1, 0.15) is 37.7 Å². The number of rotatable bonds is 7. The highest BCUT2D eigenvalue weighted by molar-refractivity contribution is 5.76. The third-order valence-corrected chi connectivity index (χ3v) is 3.74. The van der Waals surface area contributed by atoms with Gasteiger partial charge in [0, 0.05) is 38.0 Å². The molecule has 1 heterocycles. The summed E-state index contributed by atoms with van der Waals surface area (Å²) in [5, 5.41) is 8.93. The SMILES string of the molecule is O=C(CCc1cccnc1)N(CCCO)C1CCC1. The Kier molecular flexibility index (Phi) is 5.33. The Bertz CT molecular complexity index is 390. The molecule has 1 aromatic rings. The molecule has 0 aromatic carbocycles. The van der Waals surface area contributed by atoms with Crippen molar-refractivity contribution in [2.24, 2.45) is 0 Å². The lowest BCUT2D eigenvalue weighted by Crippen LogP contribution is -2.45. The highest BCUT2D eigenvalue weighted by Crippen LogP contribution is 2.25. The predicted molar refractivity (Wildman–Crippen MR) is 73.6 cm³/mol. The van der Waals surface area contributed by atoms with Crippen LogP contribution in [0.5, 0.6) is 0 Å². The topological polar surface area (TPSA) is 53.4 Å². The number of aliphatic hydroxyl groups is 1. The average molecular weight is 262 g/mol. The molecule has 0 bridgehead atoms. The third kappa shape index (κ3) is 4.03. The lowest BCUT2D eigenvalue weighted by molar-refractivity contribution is -0.135. The number of aliphatic hydroxyl groups excluding tert-OH is 1. The summed E-state index contributed by atoms with van der Waals surface area (Å²) in [6, 6.07) is 4.31. The third-order valence-electron chi connectivity index (χ3n) is 3.74. The standard InChI is InChI=1S/C15H22N2O2/c18-11-3-10-17(14-5-1-6-14)15(19)8-7-13-4-2-9-16-12-13/h2,4,9,12,14,18H,1,3,5-8,10-11H2. The summed E-state index contributed by atoms with van der Waals surface area (Å²) < 4.78 is 0. The van der Waals surface area contributed by atoms with E-state index in [4.69, 9.17) is 5.11 Å². The molecule has 4 nitrogen and oxygen atoms in total. The monoisotopic (exact) mass is 262 g/mol. The lowest BCUT2D eigenvalue weighted by atomic mass is 9.91. The molecule has 1 aliphatic carbocycles. The van der Waals surface area contributed by atoms with Crippen LogP contribution in [-0.4, -0.2) is 40.1 Å². The fraction of sp³-hybridized carbons (Fsp3) is 0.600. The van der Waals surface area contributed by atoms with Crippen LogP contribution >= 0.6 is 0 Å². The number of carbonyl (C=O) groups is 1. The first-order chi connectivity index (χ1) is 9.31. The Morgan fingerprint density at radius 3 is 2.89 bits per heavy atom. The molecule has 0 spiro atoms. The van der Waals surface area contributed by atoms with Crippen molar-refractivity contribution in [2.45, 2.75) is 44.6 Å². The first kappa shape index (κ1) is 14.0. The Balaban J connectivity index is 1.84. The number of carbonyl (C=O) groups excluding carboxylic acids is 1. The fourth-order valence-corrected chi connectivity index (χ4v) is 2.39. The van der Waals surface area contributed by atoms with Crippen LogP contribution in [0.15, 0.2) is 24.5 Å². The molecule has 1 fully saturated rings. The molecule has 0 radical (unpaired) electrons. The normalized spacial score (nSPS) is 15.0. The maximum absolute atomic E-state index is 12.3. The molecule has 1 saturated carbocycles. The van der Waals surface area contributed by atoms with E-state index < -0.39 is 0 Å². The Morgan fingerprint density at radius 1 is 1.47 bits per heavy atom. The number of aryl methyl sites for hydroxylation is 1. The minimum atomic E-state index is 0.152. The molecule has 104 valence electrons. The largest absolute Gasteiger partial charge is 0.396 e. The van der Waals surface area contributed by atoms with E-state index in [1.807, 2.05) is 23.2 Å². The van der Waals surface area contributed by atoms with Gasteiger partial charge in [-0.25, -0.2) is 0 Å². The van der Waals surface area contributed by atoms with Crippen LogP contribution in [0, 0.1) is 0 Å². The average Bonchev–Trinajstić information content (AvgIpc) is 2.39. The van der Waals surface area contributed by atoms with Crippen molar-refractivity contribution in [3.63, 3.8) is 0 Å². The van der Waals surface area contributed by atoms with Gasteiger partial charge >= 0.3 is 0 Å². The van der Waals surface area contributed by atoms with Crippen molar-refractivity contribution in [3.05, 3.63) is 30.1 Å². The fourth-order valence-electron chi connectivity index (χ4n) is 2.39. The van der Waals surface area contributed by atoms with Gasteiger partial charge in [0.15, 0.2) is 0 Å². The molecule has 2 rings (SSSR count). The molecule has 0 saturated heterocycles. The zero-order valence-electron chi connectivity index (χ0n) is 11.3. The van der Waals surface area contributed by atoms with Gasteiger partial charge in [0.25, 0.3) is 0 Å². The van der Waals surface area contributed by atoms with Crippen molar-refractivity contribution in [1.29, 1.82) is 0 Å². The van der Waals surface area contributed by atoms with Gasteiger partial charge in [-0.1, -0.05) is 6.07 Å². The van der Waals surface area contributed by atoms with E-state index in [0.29, 0.717) is 25.4 Å². The van der Waals surface area contributed by atoms with E-state index in [2.05, 4.69) is 4.98 Å². The van der Waals surface area contributed by atoms with Crippen LogP contribution < -0.4 is 0 Å². The lowest BCUT2D eigenvalue weighted by Gasteiger charge is -2.37. The van der Waals surface area contributed by atoms with Gasteiger partial charge < -0.3 is 10.0 Å². The molecule has 0 atom stereocenters. The van der Waals surface area contributed by atoms with E-state index in [9.17, 15) is 4.79 Å². The molecule has 1 amide bonds. The van der Waals surface area contributed by atoms with Gasteiger partial charge in [0.1, 0.15) is 0 Å². The summed E-state index contributed by atoms with van der Waals surface area (Å²) in [5.41, 5.74) is 1.10. The number of nitrogens with zero attached hydrogens (tertiary/aromatic N) is 2. The van der Waals surface area contributed by atoms with E-state index >= 15 is 0 Å². The smallest absolute Gasteiger partial charge is 0.223 e. The number of pyridine rings is 1. The van der Waals surface area contributed by atoms with Gasteiger partial charge in [-0.3, -0.25) is 9.78 Å². The first-order valence-corrected chi connectivity index (χ1v) is 7.10.